The van der Waals surface area contributed by atoms with Crippen molar-refractivity contribution in [1.82, 2.24) is 15.2 Å². The summed E-state index contributed by atoms with van der Waals surface area (Å²) in [5.41, 5.74) is 0.959. The largest absolute Gasteiger partial charge is 0.448 e. The zero-order chi connectivity index (χ0) is 17.9. The van der Waals surface area contributed by atoms with E-state index in [0.29, 0.717) is 17.4 Å². The number of carbonyl (C=O) groups excluding carboxylic acids is 1. The monoisotopic (exact) mass is 369 g/mol. The van der Waals surface area contributed by atoms with Crippen molar-refractivity contribution in [1.29, 1.82) is 0 Å². The number of aromatic nitrogens is 1. The molecule has 136 valence electrons. The lowest BCUT2D eigenvalue weighted by molar-refractivity contribution is 0.0656. The van der Waals surface area contributed by atoms with E-state index in [0.717, 1.165) is 47.7 Å². The molecular formula is C20H23N3O2S. The van der Waals surface area contributed by atoms with Crippen LogP contribution in [0.25, 0.3) is 21.0 Å². The number of furan rings is 1. The first-order chi connectivity index (χ1) is 12.7. The van der Waals surface area contributed by atoms with Gasteiger partial charge in [0.2, 0.25) is 0 Å². The number of rotatable bonds is 5. The molecule has 4 rings (SSSR count). The van der Waals surface area contributed by atoms with Crippen molar-refractivity contribution in [3.05, 3.63) is 42.2 Å². The van der Waals surface area contributed by atoms with E-state index in [-0.39, 0.29) is 5.91 Å². The fraction of sp³-hybridized carbons (Fsp3) is 0.400. The SMILES string of the molecule is CNCCC1CCN(C(=O)c2ccc(-c3nc4ccccc4s3)o2)CC1. The van der Waals surface area contributed by atoms with Crippen molar-refractivity contribution in [2.75, 3.05) is 26.7 Å². The Labute approximate surface area is 157 Å². The van der Waals surface area contributed by atoms with Crippen LogP contribution in [0.1, 0.15) is 29.8 Å². The molecule has 1 aliphatic heterocycles. The van der Waals surface area contributed by atoms with Gasteiger partial charge in [0.1, 0.15) is 0 Å². The number of benzene rings is 1. The van der Waals surface area contributed by atoms with Crippen LogP contribution in [0, 0.1) is 5.92 Å². The number of thiazole rings is 1. The quantitative estimate of drug-likeness (QED) is 0.738. The van der Waals surface area contributed by atoms with Gasteiger partial charge in [-0.15, -0.1) is 11.3 Å². The van der Waals surface area contributed by atoms with Crippen molar-refractivity contribution in [3.8, 4) is 10.8 Å². The average Bonchev–Trinajstić information content (AvgIpc) is 3.33. The summed E-state index contributed by atoms with van der Waals surface area (Å²) in [6.45, 7) is 2.66. The minimum absolute atomic E-state index is 0.00979. The van der Waals surface area contributed by atoms with Gasteiger partial charge in [0.05, 0.1) is 10.2 Å². The summed E-state index contributed by atoms with van der Waals surface area (Å²) in [7, 11) is 1.98. The van der Waals surface area contributed by atoms with Gasteiger partial charge in [-0.25, -0.2) is 4.98 Å². The Kier molecular flexibility index (Phi) is 5.04. The Morgan fingerprint density at radius 3 is 2.85 bits per heavy atom. The van der Waals surface area contributed by atoms with Crippen molar-refractivity contribution in [2.24, 2.45) is 5.92 Å². The Hall–Kier alpha value is -2.18. The minimum Gasteiger partial charge on any atom is -0.448 e. The highest BCUT2D eigenvalue weighted by atomic mass is 32.1. The summed E-state index contributed by atoms with van der Waals surface area (Å²) in [5.74, 6) is 1.78. The maximum Gasteiger partial charge on any atom is 0.289 e. The molecule has 0 bridgehead atoms. The molecular weight excluding hydrogens is 346 g/mol. The molecule has 6 heteroatoms. The zero-order valence-electron chi connectivity index (χ0n) is 14.9. The molecule has 1 aliphatic rings. The second-order valence-corrected chi connectivity index (χ2v) is 7.81. The van der Waals surface area contributed by atoms with Crippen molar-refractivity contribution < 1.29 is 9.21 Å². The number of amides is 1. The van der Waals surface area contributed by atoms with Gasteiger partial charge in [0, 0.05) is 13.1 Å². The summed E-state index contributed by atoms with van der Waals surface area (Å²) in [5, 5.41) is 4.02. The molecule has 0 aliphatic carbocycles. The molecule has 1 amide bonds. The third-order valence-electron chi connectivity index (χ3n) is 5.03. The van der Waals surface area contributed by atoms with E-state index in [1.54, 1.807) is 17.4 Å². The van der Waals surface area contributed by atoms with Gasteiger partial charge < -0.3 is 14.6 Å². The third-order valence-corrected chi connectivity index (χ3v) is 6.08. The van der Waals surface area contributed by atoms with Gasteiger partial charge in [0.25, 0.3) is 5.91 Å². The predicted molar refractivity (Wildman–Crippen MR) is 104 cm³/mol. The summed E-state index contributed by atoms with van der Waals surface area (Å²) in [4.78, 5) is 19.3. The fourth-order valence-corrected chi connectivity index (χ4v) is 4.40. The van der Waals surface area contributed by atoms with Gasteiger partial charge in [-0.2, -0.15) is 0 Å². The minimum atomic E-state index is -0.00979. The molecule has 1 fully saturated rings. The Morgan fingerprint density at radius 2 is 2.08 bits per heavy atom. The van der Waals surface area contributed by atoms with E-state index < -0.39 is 0 Å². The first-order valence-electron chi connectivity index (χ1n) is 9.14. The van der Waals surface area contributed by atoms with Crippen LogP contribution in [-0.2, 0) is 0 Å². The summed E-state index contributed by atoms with van der Waals surface area (Å²) >= 11 is 1.58. The number of fused-ring (bicyclic) bond motifs is 1. The summed E-state index contributed by atoms with van der Waals surface area (Å²) in [6, 6.07) is 11.6. The number of nitrogens with zero attached hydrogens (tertiary/aromatic N) is 2. The standard InChI is InChI=1S/C20H23N3O2S/c1-21-11-8-14-9-12-23(13-10-14)20(24)17-7-6-16(25-17)19-22-15-4-2-3-5-18(15)26-19/h2-7,14,21H,8-13H2,1H3. The van der Waals surface area contributed by atoms with Crippen molar-refractivity contribution in [2.45, 2.75) is 19.3 Å². The van der Waals surface area contributed by atoms with Crippen LogP contribution in [0.4, 0.5) is 0 Å². The van der Waals surface area contributed by atoms with E-state index in [9.17, 15) is 4.79 Å². The van der Waals surface area contributed by atoms with E-state index in [4.69, 9.17) is 4.42 Å². The molecule has 0 saturated carbocycles. The number of hydrogen-bond acceptors (Lipinski definition) is 5. The van der Waals surface area contributed by atoms with E-state index in [1.807, 2.05) is 42.3 Å². The second-order valence-electron chi connectivity index (χ2n) is 6.78. The van der Waals surface area contributed by atoms with E-state index in [1.165, 1.54) is 6.42 Å². The summed E-state index contributed by atoms with van der Waals surface area (Å²) < 4.78 is 6.97. The number of carbonyl (C=O) groups is 1. The Bertz CT molecular complexity index is 860. The molecule has 1 aromatic carbocycles. The Morgan fingerprint density at radius 1 is 1.27 bits per heavy atom. The molecule has 2 aromatic heterocycles. The molecule has 0 radical (unpaired) electrons. The lowest BCUT2D eigenvalue weighted by Crippen LogP contribution is -2.38. The van der Waals surface area contributed by atoms with Crippen LogP contribution >= 0.6 is 11.3 Å². The predicted octanol–water partition coefficient (Wildman–Crippen LogP) is 4.02. The van der Waals surface area contributed by atoms with Gasteiger partial charge in [-0.3, -0.25) is 4.79 Å². The highest BCUT2D eigenvalue weighted by molar-refractivity contribution is 7.21. The van der Waals surface area contributed by atoms with Crippen molar-refractivity contribution in [3.63, 3.8) is 0 Å². The van der Waals surface area contributed by atoms with E-state index in [2.05, 4.69) is 10.3 Å². The molecule has 3 aromatic rings. The average molecular weight is 369 g/mol. The first-order valence-corrected chi connectivity index (χ1v) is 9.96. The third kappa shape index (κ3) is 3.52. The molecule has 1 saturated heterocycles. The normalized spacial score (nSPS) is 15.7. The highest BCUT2D eigenvalue weighted by Gasteiger charge is 2.25. The van der Waals surface area contributed by atoms with Crippen LogP contribution in [0.2, 0.25) is 0 Å². The zero-order valence-corrected chi connectivity index (χ0v) is 15.7. The molecule has 0 atom stereocenters. The van der Waals surface area contributed by atoms with Gasteiger partial charge in [-0.1, -0.05) is 12.1 Å². The molecule has 0 unspecified atom stereocenters. The van der Waals surface area contributed by atoms with Crippen LogP contribution in [0.15, 0.2) is 40.8 Å². The first kappa shape index (κ1) is 17.2. The number of hydrogen-bond donors (Lipinski definition) is 1. The topological polar surface area (TPSA) is 58.4 Å². The van der Waals surface area contributed by atoms with Crippen LogP contribution in [-0.4, -0.2) is 42.5 Å². The van der Waals surface area contributed by atoms with E-state index >= 15 is 0 Å². The van der Waals surface area contributed by atoms with Crippen LogP contribution < -0.4 is 5.32 Å². The van der Waals surface area contributed by atoms with Gasteiger partial charge >= 0.3 is 0 Å². The summed E-state index contributed by atoms with van der Waals surface area (Å²) in [6.07, 6.45) is 3.32. The molecule has 5 nitrogen and oxygen atoms in total. The molecule has 3 heterocycles. The smallest absolute Gasteiger partial charge is 0.289 e. The molecule has 0 spiro atoms. The molecule has 1 N–H and O–H groups in total. The number of para-hydroxylation sites is 1. The van der Waals surface area contributed by atoms with Gasteiger partial charge in [-0.05, 0) is 63.0 Å². The second kappa shape index (κ2) is 7.60. The number of piperidine rings is 1. The van der Waals surface area contributed by atoms with Crippen LogP contribution in [0.5, 0.6) is 0 Å². The lowest BCUT2D eigenvalue weighted by atomic mass is 9.93. The number of nitrogens with one attached hydrogen (secondary N) is 1. The fourth-order valence-electron chi connectivity index (χ4n) is 3.47. The Balaban J connectivity index is 1.43. The lowest BCUT2D eigenvalue weighted by Gasteiger charge is -2.31. The van der Waals surface area contributed by atoms with Gasteiger partial charge in [0.15, 0.2) is 16.5 Å². The molecule has 26 heavy (non-hydrogen) atoms. The maximum atomic E-state index is 12.7. The maximum absolute atomic E-state index is 12.7. The highest BCUT2D eigenvalue weighted by Crippen LogP contribution is 2.31. The van der Waals surface area contributed by atoms with Crippen LogP contribution in [0.3, 0.4) is 0 Å². The van der Waals surface area contributed by atoms with Crippen molar-refractivity contribution >= 4 is 27.5 Å². The number of likely N-dealkylation sites (tertiary alicyclic amines) is 1.